The molecule has 1 fully saturated rings. The molecule has 3 rings (SSSR count). The Hall–Kier alpha value is -4.55. The smallest absolute Gasteiger partial charge is 0.338 e. The van der Waals surface area contributed by atoms with Crippen molar-refractivity contribution in [3.63, 3.8) is 0 Å². The number of ether oxygens (including phenoxy) is 3. The first-order valence-electron chi connectivity index (χ1n) is 12.8. The van der Waals surface area contributed by atoms with Crippen molar-refractivity contribution in [2.45, 2.75) is 56.5 Å². The monoisotopic (exact) mass is 572 g/mol. The van der Waals surface area contributed by atoms with Gasteiger partial charge in [0, 0.05) is 25.0 Å². The summed E-state index contributed by atoms with van der Waals surface area (Å²) >= 11 is 0. The number of carbonyl (C=O) groups excluding carboxylic acids is 3. The van der Waals surface area contributed by atoms with Crippen molar-refractivity contribution in [1.29, 1.82) is 0 Å². The van der Waals surface area contributed by atoms with Crippen LogP contribution in [0.4, 0.5) is 0 Å². The van der Waals surface area contributed by atoms with Crippen LogP contribution < -0.4 is 0 Å². The minimum absolute atomic E-state index is 0.0381. The fraction of sp³-hybridized carbons (Fsp3) is 0.345. The zero-order chi connectivity index (χ0) is 30.2. The van der Waals surface area contributed by atoms with Gasteiger partial charge in [-0.15, -0.1) is 0 Å². The van der Waals surface area contributed by atoms with E-state index in [1.54, 1.807) is 0 Å². The molecule has 0 aliphatic heterocycles. The van der Waals surface area contributed by atoms with Crippen LogP contribution in [0.25, 0.3) is 12.2 Å². The molecule has 6 N–H and O–H groups in total. The molecule has 0 aromatic heterocycles. The Kier molecular flexibility index (Phi) is 10.3. The molecule has 0 amide bonds. The van der Waals surface area contributed by atoms with Crippen LogP contribution in [0.1, 0.15) is 43.7 Å². The predicted molar refractivity (Wildman–Crippen MR) is 143 cm³/mol. The molecule has 0 heterocycles. The highest BCUT2D eigenvalue weighted by molar-refractivity contribution is 5.88. The molecule has 0 saturated heterocycles. The van der Waals surface area contributed by atoms with Gasteiger partial charge in [-0.2, -0.15) is 0 Å². The summed E-state index contributed by atoms with van der Waals surface area (Å²) in [5.41, 5.74) is -1.54. The summed E-state index contributed by atoms with van der Waals surface area (Å²) in [7, 11) is 0. The maximum absolute atomic E-state index is 12.6. The molecule has 220 valence electrons. The number of rotatable bonds is 10. The second-order valence-corrected chi connectivity index (χ2v) is 9.54. The Bertz CT molecular complexity index is 1320. The first kappa shape index (κ1) is 31.0. The summed E-state index contributed by atoms with van der Waals surface area (Å²) in [5.74, 6) is -4.48. The van der Waals surface area contributed by atoms with Gasteiger partial charge in [-0.3, -0.25) is 0 Å². The summed E-state index contributed by atoms with van der Waals surface area (Å²) in [4.78, 5) is 37.8. The van der Waals surface area contributed by atoms with Crippen LogP contribution in [0.2, 0.25) is 0 Å². The van der Waals surface area contributed by atoms with Crippen molar-refractivity contribution in [3.8, 4) is 23.0 Å². The number of hydrogen-bond acceptors (Lipinski definition) is 12. The van der Waals surface area contributed by atoms with E-state index >= 15 is 0 Å². The van der Waals surface area contributed by atoms with E-state index in [1.807, 2.05) is 6.92 Å². The van der Waals surface area contributed by atoms with E-state index in [0.717, 1.165) is 18.6 Å². The highest BCUT2D eigenvalue weighted by Gasteiger charge is 2.53. The fourth-order valence-electron chi connectivity index (χ4n) is 4.09. The third-order valence-corrected chi connectivity index (χ3v) is 6.28. The van der Waals surface area contributed by atoms with Crippen LogP contribution in [0, 0.1) is 0 Å². The van der Waals surface area contributed by atoms with Gasteiger partial charge in [0.15, 0.2) is 34.7 Å². The van der Waals surface area contributed by atoms with Crippen LogP contribution in [0.3, 0.4) is 0 Å². The SMILES string of the molecule is CCCCOC(=O)[C@@]1(O)C[C@@H](O)[C@H](OC(=O)/C=C/c2ccc(O)c(O)c2)[C@H](OC(=O)/C=C/c2ccc(O)c(O)c2)C1. The first-order valence-corrected chi connectivity index (χ1v) is 12.8. The van der Waals surface area contributed by atoms with Crippen molar-refractivity contribution < 1.29 is 59.2 Å². The Labute approximate surface area is 235 Å². The molecule has 41 heavy (non-hydrogen) atoms. The Morgan fingerprint density at radius 2 is 1.39 bits per heavy atom. The second kappa shape index (κ2) is 13.7. The molecule has 2 aromatic carbocycles. The van der Waals surface area contributed by atoms with Gasteiger partial charge in [0.1, 0.15) is 6.10 Å². The van der Waals surface area contributed by atoms with E-state index in [9.17, 15) is 45.0 Å². The highest BCUT2D eigenvalue weighted by atomic mass is 16.6. The lowest BCUT2D eigenvalue weighted by Crippen LogP contribution is -2.58. The maximum atomic E-state index is 12.6. The zero-order valence-corrected chi connectivity index (χ0v) is 22.2. The zero-order valence-electron chi connectivity index (χ0n) is 22.2. The lowest BCUT2D eigenvalue weighted by atomic mass is 9.79. The summed E-state index contributed by atoms with van der Waals surface area (Å²) < 4.78 is 15.8. The van der Waals surface area contributed by atoms with Gasteiger partial charge in [0.05, 0.1) is 12.7 Å². The standard InChI is InChI=1S/C29H32O12/c1-2-3-12-39-28(37)29(38)15-23(34)27(41-26(36)11-7-18-5-9-20(31)22(33)14-18)24(16-29)40-25(35)10-6-17-4-8-19(30)21(32)13-17/h4-11,13-14,23-24,27,30-34,38H,2-3,12,15-16H2,1H3/b10-6+,11-7+/t23-,24-,27+,29-/m1/s1. The molecular weight excluding hydrogens is 540 g/mol. The molecule has 0 radical (unpaired) electrons. The van der Waals surface area contributed by atoms with Gasteiger partial charge in [-0.25, -0.2) is 14.4 Å². The van der Waals surface area contributed by atoms with Gasteiger partial charge in [-0.05, 0) is 54.0 Å². The highest BCUT2D eigenvalue weighted by Crippen LogP contribution is 2.34. The number of phenols is 4. The Balaban J connectivity index is 1.78. The number of esters is 3. The lowest BCUT2D eigenvalue weighted by molar-refractivity contribution is -0.207. The second-order valence-electron chi connectivity index (χ2n) is 9.54. The first-order chi connectivity index (χ1) is 19.4. The minimum atomic E-state index is -2.23. The number of phenolic OH excluding ortho intramolecular Hbond substituents is 4. The normalized spacial score (nSPS) is 22.5. The number of aliphatic hydroxyl groups is 2. The molecule has 1 saturated carbocycles. The topological polar surface area (TPSA) is 200 Å². The van der Waals surface area contributed by atoms with E-state index in [4.69, 9.17) is 14.2 Å². The van der Waals surface area contributed by atoms with Crippen LogP contribution in [0.5, 0.6) is 23.0 Å². The van der Waals surface area contributed by atoms with E-state index in [2.05, 4.69) is 0 Å². The lowest BCUT2D eigenvalue weighted by Gasteiger charge is -2.41. The molecule has 4 atom stereocenters. The molecule has 0 bridgehead atoms. The van der Waals surface area contributed by atoms with E-state index in [1.165, 1.54) is 48.6 Å². The number of hydrogen-bond donors (Lipinski definition) is 6. The average molecular weight is 573 g/mol. The number of aliphatic hydroxyl groups excluding tert-OH is 1. The largest absolute Gasteiger partial charge is 0.504 e. The maximum Gasteiger partial charge on any atom is 0.338 e. The minimum Gasteiger partial charge on any atom is -0.504 e. The molecule has 0 unspecified atom stereocenters. The molecule has 1 aliphatic carbocycles. The Morgan fingerprint density at radius 3 is 1.90 bits per heavy atom. The van der Waals surface area contributed by atoms with Gasteiger partial charge < -0.3 is 44.8 Å². The Morgan fingerprint density at radius 1 is 0.854 bits per heavy atom. The van der Waals surface area contributed by atoms with Crippen LogP contribution >= 0.6 is 0 Å². The number of unbranched alkanes of at least 4 members (excludes halogenated alkanes) is 1. The van der Waals surface area contributed by atoms with Crippen LogP contribution in [-0.4, -0.2) is 79.1 Å². The molecule has 0 spiro atoms. The van der Waals surface area contributed by atoms with Crippen LogP contribution in [0.15, 0.2) is 48.6 Å². The van der Waals surface area contributed by atoms with Gasteiger partial charge in [0.2, 0.25) is 0 Å². The third-order valence-electron chi connectivity index (χ3n) is 6.28. The van der Waals surface area contributed by atoms with Crippen molar-refractivity contribution >= 4 is 30.1 Å². The number of aromatic hydroxyl groups is 4. The predicted octanol–water partition coefficient (Wildman–Crippen LogP) is 2.29. The van der Waals surface area contributed by atoms with Gasteiger partial charge >= 0.3 is 17.9 Å². The fourth-order valence-corrected chi connectivity index (χ4v) is 4.09. The van der Waals surface area contributed by atoms with Crippen molar-refractivity contribution in [3.05, 3.63) is 59.7 Å². The molecular formula is C29H32O12. The molecule has 12 heteroatoms. The quantitative estimate of drug-likeness (QED) is 0.0799. The number of carbonyl (C=O) groups is 3. The van der Waals surface area contributed by atoms with Crippen molar-refractivity contribution in [1.82, 2.24) is 0 Å². The third kappa shape index (κ3) is 8.47. The summed E-state index contributed by atoms with van der Waals surface area (Å²) in [6.07, 6.45) is 0.110. The van der Waals surface area contributed by atoms with E-state index in [0.29, 0.717) is 17.5 Å². The summed E-state index contributed by atoms with van der Waals surface area (Å²) in [6, 6.07) is 7.66. The average Bonchev–Trinajstić information content (AvgIpc) is 2.92. The van der Waals surface area contributed by atoms with E-state index in [-0.39, 0.29) is 18.1 Å². The summed E-state index contributed by atoms with van der Waals surface area (Å²) in [5, 5.41) is 59.9. The molecule has 2 aromatic rings. The van der Waals surface area contributed by atoms with Crippen molar-refractivity contribution in [2.24, 2.45) is 0 Å². The molecule has 1 aliphatic rings. The van der Waals surface area contributed by atoms with Gasteiger partial charge in [0.25, 0.3) is 0 Å². The number of benzene rings is 2. The van der Waals surface area contributed by atoms with Gasteiger partial charge in [-0.1, -0.05) is 25.5 Å². The summed E-state index contributed by atoms with van der Waals surface area (Å²) in [6.45, 7) is 1.92. The molecule has 12 nitrogen and oxygen atoms in total. The van der Waals surface area contributed by atoms with Crippen molar-refractivity contribution in [2.75, 3.05) is 6.61 Å². The van der Waals surface area contributed by atoms with Crippen LogP contribution in [-0.2, 0) is 28.6 Å². The van der Waals surface area contributed by atoms with E-state index < -0.39 is 66.2 Å².